The van der Waals surface area contributed by atoms with E-state index < -0.39 is 12.1 Å². The van der Waals surface area contributed by atoms with Crippen molar-refractivity contribution >= 4 is 11.9 Å². The van der Waals surface area contributed by atoms with Crippen LogP contribution in [0.25, 0.3) is 0 Å². The van der Waals surface area contributed by atoms with Crippen molar-refractivity contribution in [2.45, 2.75) is 71.1 Å². The van der Waals surface area contributed by atoms with E-state index in [1.807, 2.05) is 26.0 Å². The van der Waals surface area contributed by atoms with Crippen molar-refractivity contribution in [2.75, 3.05) is 6.61 Å². The van der Waals surface area contributed by atoms with Crippen LogP contribution in [0.5, 0.6) is 5.75 Å². The van der Waals surface area contributed by atoms with Gasteiger partial charge >= 0.3 is 5.97 Å². The first kappa shape index (κ1) is 21.2. The van der Waals surface area contributed by atoms with Gasteiger partial charge in [-0.3, -0.25) is 4.79 Å². The molecular weight excluding hydrogens is 346 g/mol. The molecule has 1 aromatic carbocycles. The molecule has 1 aromatic rings. The van der Waals surface area contributed by atoms with Crippen LogP contribution in [-0.4, -0.2) is 35.8 Å². The smallest absolute Gasteiger partial charge is 0.341 e. The second-order valence-corrected chi connectivity index (χ2v) is 7.41. The highest BCUT2D eigenvalue weighted by Gasteiger charge is 2.26. The van der Waals surface area contributed by atoms with Crippen molar-refractivity contribution in [2.24, 2.45) is 5.92 Å². The molecule has 2 rings (SSSR count). The number of carbonyl (C=O) groups excluding carboxylic acids is 1. The van der Waals surface area contributed by atoms with Crippen LogP contribution in [0.15, 0.2) is 24.3 Å². The van der Waals surface area contributed by atoms with Gasteiger partial charge in [-0.2, -0.15) is 0 Å². The van der Waals surface area contributed by atoms with E-state index in [4.69, 9.17) is 14.6 Å². The molecule has 150 valence electrons. The van der Waals surface area contributed by atoms with Crippen molar-refractivity contribution < 1.29 is 24.2 Å². The fourth-order valence-electron chi connectivity index (χ4n) is 3.47. The van der Waals surface area contributed by atoms with E-state index in [2.05, 4.69) is 12.2 Å². The van der Waals surface area contributed by atoms with Crippen LogP contribution in [0.2, 0.25) is 0 Å². The first-order chi connectivity index (χ1) is 12.9. The molecule has 1 aliphatic carbocycles. The van der Waals surface area contributed by atoms with Gasteiger partial charge in [0.05, 0.1) is 12.1 Å². The zero-order chi connectivity index (χ0) is 19.8. The lowest BCUT2D eigenvalue weighted by molar-refractivity contribution is -0.140. The number of aliphatic carboxylic acids is 1. The molecule has 2 N–H and O–H groups in total. The Morgan fingerprint density at radius 1 is 1.26 bits per heavy atom. The van der Waals surface area contributed by atoms with Crippen LogP contribution < -0.4 is 10.1 Å². The fourth-order valence-corrected chi connectivity index (χ4v) is 3.47. The van der Waals surface area contributed by atoms with Crippen molar-refractivity contribution in [1.82, 2.24) is 5.32 Å². The minimum Gasteiger partial charge on any atom is -0.482 e. The lowest BCUT2D eigenvalue weighted by Crippen LogP contribution is -2.40. The van der Waals surface area contributed by atoms with E-state index in [9.17, 15) is 9.59 Å². The van der Waals surface area contributed by atoms with Gasteiger partial charge in [-0.1, -0.05) is 38.8 Å². The Kier molecular flexibility index (Phi) is 8.10. The minimum atomic E-state index is -1.02. The fraction of sp³-hybridized carbons (Fsp3) is 0.619. The van der Waals surface area contributed by atoms with Gasteiger partial charge in [-0.25, -0.2) is 4.79 Å². The SMILES string of the molecule is CCC(OC1CCCC(C)C1)C(=O)NC(C)c1ccc(OCC(=O)O)cc1. The molecule has 6 heteroatoms. The first-order valence-electron chi connectivity index (χ1n) is 9.79. The average Bonchev–Trinajstić information content (AvgIpc) is 2.64. The molecule has 0 radical (unpaired) electrons. The van der Waals surface area contributed by atoms with Crippen LogP contribution in [-0.2, 0) is 14.3 Å². The van der Waals surface area contributed by atoms with Crippen LogP contribution in [0.3, 0.4) is 0 Å². The van der Waals surface area contributed by atoms with Gasteiger partial charge in [-0.15, -0.1) is 0 Å². The molecule has 0 bridgehead atoms. The highest BCUT2D eigenvalue weighted by Crippen LogP contribution is 2.27. The zero-order valence-corrected chi connectivity index (χ0v) is 16.4. The second-order valence-electron chi connectivity index (χ2n) is 7.41. The molecule has 1 saturated carbocycles. The lowest BCUT2D eigenvalue weighted by atomic mass is 9.88. The van der Waals surface area contributed by atoms with E-state index in [0.717, 1.165) is 24.8 Å². The number of hydrogen-bond acceptors (Lipinski definition) is 4. The Morgan fingerprint density at radius 2 is 1.96 bits per heavy atom. The highest BCUT2D eigenvalue weighted by atomic mass is 16.5. The van der Waals surface area contributed by atoms with Crippen molar-refractivity contribution in [3.8, 4) is 5.75 Å². The largest absolute Gasteiger partial charge is 0.482 e. The minimum absolute atomic E-state index is 0.0885. The molecule has 0 saturated heterocycles. The van der Waals surface area contributed by atoms with Crippen LogP contribution in [0.4, 0.5) is 0 Å². The highest BCUT2D eigenvalue weighted by molar-refractivity contribution is 5.81. The average molecular weight is 377 g/mol. The lowest BCUT2D eigenvalue weighted by Gasteiger charge is -2.30. The topological polar surface area (TPSA) is 84.9 Å². The third kappa shape index (κ3) is 6.86. The summed E-state index contributed by atoms with van der Waals surface area (Å²) in [5.74, 6) is 0.0399. The molecular formula is C21H31NO5. The summed E-state index contributed by atoms with van der Waals surface area (Å²) < 4.78 is 11.2. The predicted molar refractivity (Wildman–Crippen MR) is 103 cm³/mol. The first-order valence-corrected chi connectivity index (χ1v) is 9.79. The summed E-state index contributed by atoms with van der Waals surface area (Å²) in [6, 6.07) is 6.89. The number of hydrogen-bond donors (Lipinski definition) is 2. The van der Waals surface area contributed by atoms with E-state index in [-0.39, 0.29) is 24.7 Å². The van der Waals surface area contributed by atoms with Gasteiger partial charge in [-0.05, 0) is 49.8 Å². The van der Waals surface area contributed by atoms with Gasteiger partial charge in [0.1, 0.15) is 11.9 Å². The van der Waals surface area contributed by atoms with Crippen LogP contribution in [0, 0.1) is 5.92 Å². The molecule has 0 aliphatic heterocycles. The molecule has 0 spiro atoms. The molecule has 1 amide bonds. The summed E-state index contributed by atoms with van der Waals surface area (Å²) in [6.07, 6.45) is 4.85. The quantitative estimate of drug-likeness (QED) is 0.685. The predicted octanol–water partition coefficient (Wildman–Crippen LogP) is 3.70. The van der Waals surface area contributed by atoms with E-state index >= 15 is 0 Å². The van der Waals surface area contributed by atoms with Gasteiger partial charge < -0.3 is 19.9 Å². The molecule has 1 fully saturated rings. The summed E-state index contributed by atoms with van der Waals surface area (Å²) in [7, 11) is 0. The number of carbonyl (C=O) groups is 2. The van der Waals surface area contributed by atoms with Crippen molar-refractivity contribution in [3.05, 3.63) is 29.8 Å². The van der Waals surface area contributed by atoms with Gasteiger partial charge in [0, 0.05) is 0 Å². The molecule has 27 heavy (non-hydrogen) atoms. The van der Waals surface area contributed by atoms with Crippen LogP contribution >= 0.6 is 0 Å². The number of rotatable bonds is 9. The maximum Gasteiger partial charge on any atom is 0.341 e. The molecule has 0 heterocycles. The monoisotopic (exact) mass is 377 g/mol. The maximum absolute atomic E-state index is 12.6. The standard InChI is InChI=1S/C21H31NO5/c1-4-19(27-18-7-5-6-14(2)12-18)21(25)22-15(3)16-8-10-17(11-9-16)26-13-20(23)24/h8-11,14-15,18-19H,4-7,12-13H2,1-3H3,(H,22,25)(H,23,24). The van der Waals surface area contributed by atoms with Gasteiger partial charge in [0.15, 0.2) is 6.61 Å². The Balaban J connectivity index is 1.87. The number of ether oxygens (including phenoxy) is 2. The third-order valence-electron chi connectivity index (χ3n) is 5.01. The number of carboxylic acids is 1. The van der Waals surface area contributed by atoms with E-state index in [0.29, 0.717) is 18.1 Å². The maximum atomic E-state index is 12.6. The Labute approximate surface area is 161 Å². The summed E-state index contributed by atoms with van der Waals surface area (Å²) in [6.45, 7) is 5.75. The second kappa shape index (κ2) is 10.3. The molecule has 0 aromatic heterocycles. The summed E-state index contributed by atoms with van der Waals surface area (Å²) in [5.41, 5.74) is 0.923. The van der Waals surface area contributed by atoms with Crippen LogP contribution in [0.1, 0.15) is 64.5 Å². The van der Waals surface area contributed by atoms with Gasteiger partial charge in [0.25, 0.3) is 0 Å². The third-order valence-corrected chi connectivity index (χ3v) is 5.01. The van der Waals surface area contributed by atoms with Crippen molar-refractivity contribution in [3.63, 3.8) is 0 Å². The normalized spacial score (nSPS) is 21.9. The zero-order valence-electron chi connectivity index (χ0n) is 16.4. The molecule has 4 atom stereocenters. The summed E-state index contributed by atoms with van der Waals surface area (Å²) >= 11 is 0. The van der Waals surface area contributed by atoms with Gasteiger partial charge in [0.2, 0.25) is 5.91 Å². The molecule has 1 aliphatic rings. The summed E-state index contributed by atoms with van der Waals surface area (Å²) in [4.78, 5) is 23.2. The van der Waals surface area contributed by atoms with E-state index in [1.165, 1.54) is 6.42 Å². The number of amides is 1. The van der Waals surface area contributed by atoms with E-state index in [1.54, 1.807) is 12.1 Å². The Hall–Kier alpha value is -2.08. The number of nitrogens with one attached hydrogen (secondary N) is 1. The van der Waals surface area contributed by atoms with Crippen molar-refractivity contribution in [1.29, 1.82) is 0 Å². The summed E-state index contributed by atoms with van der Waals surface area (Å²) in [5, 5.41) is 11.7. The number of benzene rings is 1. The number of carboxylic acid groups (broad SMARTS) is 1. The molecule has 6 nitrogen and oxygen atoms in total. The Bertz CT molecular complexity index is 616. The Morgan fingerprint density at radius 3 is 2.56 bits per heavy atom. The molecule has 4 unspecified atom stereocenters.